The van der Waals surface area contributed by atoms with Crippen LogP contribution in [-0.2, 0) is 17.6 Å². The van der Waals surface area contributed by atoms with E-state index in [2.05, 4.69) is 41.5 Å². The number of aryl methyl sites for hydroxylation is 3. The summed E-state index contributed by atoms with van der Waals surface area (Å²) >= 11 is 0. The van der Waals surface area contributed by atoms with Gasteiger partial charge in [-0.25, -0.2) is 4.98 Å². The summed E-state index contributed by atoms with van der Waals surface area (Å²) in [5.41, 5.74) is 4.74. The molecule has 1 N–H and O–H groups in total. The van der Waals surface area contributed by atoms with E-state index < -0.39 is 0 Å². The monoisotopic (exact) mass is 444 g/mol. The largest absolute Gasteiger partial charge is 0.493 e. The van der Waals surface area contributed by atoms with Crippen LogP contribution in [0.25, 0.3) is 0 Å². The Labute approximate surface area is 196 Å². The molecule has 0 aliphatic heterocycles. The maximum Gasteiger partial charge on any atom is 0.219 e. The van der Waals surface area contributed by atoms with Crippen LogP contribution in [0.15, 0.2) is 60.8 Å². The topological polar surface area (TPSA) is 60.5 Å². The highest BCUT2D eigenvalue weighted by atomic mass is 16.5. The highest BCUT2D eigenvalue weighted by molar-refractivity contribution is 5.73. The molecule has 1 heterocycles. The number of pyridine rings is 1. The van der Waals surface area contributed by atoms with Gasteiger partial charge in [-0.3, -0.25) is 4.79 Å². The molecule has 1 aliphatic rings. The molecule has 0 bridgehead atoms. The normalized spacial score (nSPS) is 13.9. The quantitative estimate of drug-likeness (QED) is 0.420. The van der Waals surface area contributed by atoms with Crippen molar-refractivity contribution in [2.75, 3.05) is 6.61 Å². The van der Waals surface area contributed by atoms with Crippen molar-refractivity contribution in [1.29, 1.82) is 0 Å². The minimum absolute atomic E-state index is 0.0148. The van der Waals surface area contributed by atoms with Gasteiger partial charge in [-0.05, 0) is 79.8 Å². The van der Waals surface area contributed by atoms with Gasteiger partial charge in [0, 0.05) is 25.3 Å². The van der Waals surface area contributed by atoms with E-state index in [0.717, 1.165) is 48.0 Å². The summed E-state index contributed by atoms with van der Waals surface area (Å²) in [5, 5.41) is 2.92. The number of amides is 1. The molecule has 1 aliphatic carbocycles. The highest BCUT2D eigenvalue weighted by Gasteiger charge is 2.21. The summed E-state index contributed by atoms with van der Waals surface area (Å²) in [4.78, 5) is 15.8. The molecule has 0 saturated heterocycles. The fourth-order valence-corrected chi connectivity index (χ4v) is 3.76. The second-order valence-electron chi connectivity index (χ2n) is 8.94. The zero-order chi connectivity index (χ0) is 23.2. The molecule has 1 atom stereocenters. The molecule has 5 heteroatoms. The van der Waals surface area contributed by atoms with E-state index in [0.29, 0.717) is 5.88 Å². The Morgan fingerprint density at radius 1 is 1.09 bits per heavy atom. The molecule has 2 aromatic carbocycles. The lowest BCUT2D eigenvalue weighted by Crippen LogP contribution is -2.23. The van der Waals surface area contributed by atoms with Gasteiger partial charge >= 0.3 is 0 Å². The predicted octanol–water partition coefficient (Wildman–Crippen LogP) is 5.95. The second-order valence-corrected chi connectivity index (χ2v) is 8.94. The van der Waals surface area contributed by atoms with Gasteiger partial charge in [-0.1, -0.05) is 30.3 Å². The number of rotatable bonds is 10. The predicted molar refractivity (Wildman–Crippen MR) is 130 cm³/mol. The number of nitrogens with zero attached hydrogens (tertiary/aromatic N) is 1. The summed E-state index contributed by atoms with van der Waals surface area (Å²) in [6, 6.07) is 18.2. The Bertz CT molecular complexity index is 1090. The average Bonchev–Trinajstić information content (AvgIpc) is 3.62. The lowest BCUT2D eigenvalue weighted by molar-refractivity contribution is -0.119. The van der Waals surface area contributed by atoms with Crippen LogP contribution in [0.4, 0.5) is 0 Å². The van der Waals surface area contributed by atoms with Gasteiger partial charge in [-0.15, -0.1) is 0 Å². The van der Waals surface area contributed by atoms with E-state index in [4.69, 9.17) is 9.47 Å². The average molecular weight is 445 g/mol. The van der Waals surface area contributed by atoms with Gasteiger partial charge in [0.1, 0.15) is 11.5 Å². The highest BCUT2D eigenvalue weighted by Crippen LogP contribution is 2.31. The first-order chi connectivity index (χ1) is 16.0. The van der Waals surface area contributed by atoms with Crippen molar-refractivity contribution in [3.05, 3.63) is 83.0 Å². The number of carbonyl (C=O) groups is 1. The molecule has 0 radical (unpaired) electrons. The zero-order valence-electron chi connectivity index (χ0n) is 19.6. The molecule has 1 aromatic heterocycles. The zero-order valence-corrected chi connectivity index (χ0v) is 19.6. The van der Waals surface area contributed by atoms with Crippen LogP contribution < -0.4 is 14.8 Å². The van der Waals surface area contributed by atoms with Crippen molar-refractivity contribution in [2.45, 2.75) is 52.5 Å². The maximum atomic E-state index is 11.2. The first kappa shape index (κ1) is 22.8. The van der Waals surface area contributed by atoms with Gasteiger partial charge in [0.2, 0.25) is 11.8 Å². The van der Waals surface area contributed by atoms with Gasteiger partial charge in [-0.2, -0.15) is 0 Å². The summed E-state index contributed by atoms with van der Waals surface area (Å²) in [7, 11) is 0. The van der Waals surface area contributed by atoms with Gasteiger partial charge in [0.05, 0.1) is 12.6 Å². The van der Waals surface area contributed by atoms with E-state index >= 15 is 0 Å². The number of nitrogens with one attached hydrogen (secondary N) is 1. The minimum Gasteiger partial charge on any atom is -0.493 e. The van der Waals surface area contributed by atoms with Crippen LogP contribution in [-0.4, -0.2) is 17.5 Å². The molecule has 172 valence electrons. The van der Waals surface area contributed by atoms with Crippen LogP contribution in [0, 0.1) is 12.8 Å². The Morgan fingerprint density at radius 3 is 2.55 bits per heavy atom. The maximum absolute atomic E-state index is 11.2. The third kappa shape index (κ3) is 6.82. The SMILES string of the molecule is CC(=O)NC(C)c1ccc(CCc2cnc(Oc3cccc(OCC4CC4)c3)cc2C)cc1. The van der Waals surface area contributed by atoms with Crippen LogP contribution in [0.1, 0.15) is 55.0 Å². The van der Waals surface area contributed by atoms with Crippen molar-refractivity contribution in [3.63, 3.8) is 0 Å². The molecular formula is C28H32N2O3. The van der Waals surface area contributed by atoms with Crippen LogP contribution in [0.3, 0.4) is 0 Å². The fourth-order valence-electron chi connectivity index (χ4n) is 3.76. The molecule has 33 heavy (non-hydrogen) atoms. The Kier molecular flexibility index (Phi) is 7.28. The number of ether oxygens (including phenoxy) is 2. The first-order valence-corrected chi connectivity index (χ1v) is 11.7. The van der Waals surface area contributed by atoms with Crippen LogP contribution in [0.5, 0.6) is 17.4 Å². The smallest absolute Gasteiger partial charge is 0.219 e. The summed E-state index contributed by atoms with van der Waals surface area (Å²) in [5.74, 6) is 2.86. The molecule has 1 amide bonds. The molecule has 0 spiro atoms. The van der Waals surface area contributed by atoms with Gasteiger partial charge in [0.25, 0.3) is 0 Å². The lowest BCUT2D eigenvalue weighted by atomic mass is 10.00. The Hall–Kier alpha value is -3.34. The minimum atomic E-state index is -0.0170. The second kappa shape index (κ2) is 10.5. The lowest BCUT2D eigenvalue weighted by Gasteiger charge is -2.13. The van der Waals surface area contributed by atoms with E-state index in [9.17, 15) is 4.79 Å². The number of aromatic nitrogens is 1. The van der Waals surface area contributed by atoms with Crippen molar-refractivity contribution in [3.8, 4) is 17.4 Å². The molecule has 1 saturated carbocycles. The molecule has 4 rings (SSSR count). The third-order valence-electron chi connectivity index (χ3n) is 5.99. The van der Waals surface area contributed by atoms with E-state index in [-0.39, 0.29) is 11.9 Å². The molecule has 3 aromatic rings. The molecule has 5 nitrogen and oxygen atoms in total. The first-order valence-electron chi connectivity index (χ1n) is 11.7. The summed E-state index contributed by atoms with van der Waals surface area (Å²) in [6.45, 7) is 6.41. The number of hydrogen-bond acceptors (Lipinski definition) is 4. The van der Waals surface area contributed by atoms with Crippen molar-refractivity contribution < 1.29 is 14.3 Å². The Morgan fingerprint density at radius 2 is 1.85 bits per heavy atom. The fraction of sp³-hybridized carbons (Fsp3) is 0.357. The number of carbonyl (C=O) groups excluding carboxylic acids is 1. The molecule has 1 unspecified atom stereocenters. The molecular weight excluding hydrogens is 412 g/mol. The van der Waals surface area contributed by atoms with Crippen molar-refractivity contribution in [2.24, 2.45) is 5.92 Å². The third-order valence-corrected chi connectivity index (χ3v) is 5.99. The number of benzene rings is 2. The Balaban J connectivity index is 1.32. The van der Waals surface area contributed by atoms with E-state index in [1.54, 1.807) is 6.92 Å². The van der Waals surface area contributed by atoms with Crippen LogP contribution in [0.2, 0.25) is 0 Å². The van der Waals surface area contributed by atoms with E-state index in [1.165, 1.54) is 24.0 Å². The van der Waals surface area contributed by atoms with Crippen molar-refractivity contribution in [1.82, 2.24) is 10.3 Å². The summed E-state index contributed by atoms with van der Waals surface area (Å²) < 4.78 is 11.8. The standard InChI is InChI=1S/C28H32N2O3/c1-19-15-28(33-27-6-4-5-26(16-27)32-18-23-7-8-23)29-17-25(19)14-11-22-9-12-24(13-10-22)20(2)30-21(3)31/h4-6,9-10,12-13,15-17,20,23H,7-8,11,14,18H2,1-3H3,(H,30,31). The molecule has 1 fully saturated rings. The summed E-state index contributed by atoms with van der Waals surface area (Å²) in [6.07, 6.45) is 6.29. The van der Waals surface area contributed by atoms with E-state index in [1.807, 2.05) is 43.5 Å². The van der Waals surface area contributed by atoms with Gasteiger partial charge in [0.15, 0.2) is 0 Å². The van der Waals surface area contributed by atoms with Gasteiger partial charge < -0.3 is 14.8 Å². The van der Waals surface area contributed by atoms with Crippen LogP contribution >= 0.6 is 0 Å². The van der Waals surface area contributed by atoms with Crippen molar-refractivity contribution >= 4 is 5.91 Å². The number of hydrogen-bond donors (Lipinski definition) is 1.